The first-order valence-corrected chi connectivity index (χ1v) is 9.38. The molecule has 0 unspecified atom stereocenters. The number of carbonyl (C=O) groups excluding carboxylic acids is 1. The minimum atomic E-state index is -0.867. The summed E-state index contributed by atoms with van der Waals surface area (Å²) in [6.07, 6.45) is 2.98. The summed E-state index contributed by atoms with van der Waals surface area (Å²) in [6, 6.07) is 5.05. The van der Waals surface area contributed by atoms with Crippen molar-refractivity contribution < 1.29 is 19.1 Å². The number of amides is 1. The zero-order chi connectivity index (χ0) is 18.5. The number of carboxylic acids is 1. The Morgan fingerprint density at radius 3 is 2.62 bits per heavy atom. The van der Waals surface area contributed by atoms with Gasteiger partial charge in [-0.1, -0.05) is 18.6 Å². The molecule has 2 atom stereocenters. The Balaban J connectivity index is 1.47. The molecule has 2 heterocycles. The molecule has 2 saturated heterocycles. The van der Waals surface area contributed by atoms with Gasteiger partial charge >= 0.3 is 5.97 Å². The zero-order valence-corrected chi connectivity index (χ0v) is 15.1. The number of hydrogen-bond acceptors (Lipinski definition) is 3. The van der Waals surface area contributed by atoms with Gasteiger partial charge in [0, 0.05) is 44.6 Å². The van der Waals surface area contributed by atoms with Gasteiger partial charge in [0.1, 0.15) is 11.2 Å². The average molecular weight is 360 g/mol. The Bertz CT molecular complexity index is 749. The lowest BCUT2D eigenvalue weighted by molar-refractivity contribution is -0.149. The summed E-state index contributed by atoms with van der Waals surface area (Å²) in [5.74, 6) is -0.807. The molecule has 1 saturated carbocycles. The quantitative estimate of drug-likeness (QED) is 0.895. The van der Waals surface area contributed by atoms with Crippen LogP contribution in [0.4, 0.5) is 4.39 Å². The number of aryl methyl sites for hydroxylation is 1. The maximum Gasteiger partial charge on any atom is 0.313 e. The van der Waals surface area contributed by atoms with Crippen LogP contribution >= 0.6 is 0 Å². The van der Waals surface area contributed by atoms with E-state index in [0.29, 0.717) is 38.3 Å². The predicted molar refractivity (Wildman–Crippen MR) is 93.9 cm³/mol. The maximum atomic E-state index is 13.5. The van der Waals surface area contributed by atoms with Crippen LogP contribution in [0.1, 0.15) is 30.4 Å². The molecule has 26 heavy (non-hydrogen) atoms. The molecular weight excluding hydrogens is 335 g/mol. The number of aliphatic carboxylic acids is 1. The van der Waals surface area contributed by atoms with Crippen molar-refractivity contribution in [3.05, 3.63) is 35.1 Å². The lowest BCUT2D eigenvalue weighted by Crippen LogP contribution is -2.44. The molecular formula is C20H25FN2O3. The van der Waals surface area contributed by atoms with Crippen molar-refractivity contribution in [2.45, 2.75) is 32.7 Å². The van der Waals surface area contributed by atoms with Crippen molar-refractivity contribution >= 4 is 11.9 Å². The van der Waals surface area contributed by atoms with E-state index < -0.39 is 11.4 Å². The molecule has 3 fully saturated rings. The maximum absolute atomic E-state index is 13.5. The third kappa shape index (κ3) is 2.80. The molecule has 5 nitrogen and oxygen atoms in total. The van der Waals surface area contributed by atoms with E-state index in [4.69, 9.17) is 0 Å². The van der Waals surface area contributed by atoms with Gasteiger partial charge in [-0.3, -0.25) is 14.5 Å². The molecule has 1 aliphatic carbocycles. The highest BCUT2D eigenvalue weighted by Gasteiger charge is 2.58. The largest absolute Gasteiger partial charge is 0.481 e. The van der Waals surface area contributed by atoms with Crippen LogP contribution in [-0.4, -0.2) is 53.0 Å². The van der Waals surface area contributed by atoms with Gasteiger partial charge in [-0.05, 0) is 37.0 Å². The van der Waals surface area contributed by atoms with Crippen LogP contribution in [0.25, 0.3) is 0 Å². The van der Waals surface area contributed by atoms with Crippen LogP contribution in [0.2, 0.25) is 0 Å². The van der Waals surface area contributed by atoms with E-state index in [1.54, 1.807) is 17.9 Å². The van der Waals surface area contributed by atoms with Crippen molar-refractivity contribution in [1.29, 1.82) is 0 Å². The molecule has 1 aromatic carbocycles. The van der Waals surface area contributed by atoms with Gasteiger partial charge in [0.25, 0.3) is 0 Å². The molecule has 1 aromatic rings. The van der Waals surface area contributed by atoms with Crippen molar-refractivity contribution in [2.75, 3.05) is 26.2 Å². The third-order valence-electron chi connectivity index (χ3n) is 6.50. The summed E-state index contributed by atoms with van der Waals surface area (Å²) < 4.78 is 13.5. The standard InChI is InChI=1S/C20H25FN2O3/c1-13-7-14(5-6-17(13)21)8-22-9-16-10-23(18(24)15-3-2-4-15)12-20(16,11-22)19(25)26/h5-7,15-16H,2-4,8-12H2,1H3,(H,25,26)/t16-,20-/m0/s1. The molecule has 0 radical (unpaired) electrons. The summed E-state index contributed by atoms with van der Waals surface area (Å²) in [5.41, 5.74) is 0.730. The van der Waals surface area contributed by atoms with Gasteiger partial charge < -0.3 is 10.0 Å². The fraction of sp³-hybridized carbons (Fsp3) is 0.600. The van der Waals surface area contributed by atoms with E-state index in [2.05, 4.69) is 4.90 Å². The number of hydrogen-bond donors (Lipinski definition) is 1. The first-order valence-electron chi connectivity index (χ1n) is 9.38. The third-order valence-corrected chi connectivity index (χ3v) is 6.50. The van der Waals surface area contributed by atoms with Crippen LogP contribution in [0.5, 0.6) is 0 Å². The molecule has 2 aliphatic heterocycles. The first-order chi connectivity index (χ1) is 12.4. The monoisotopic (exact) mass is 360 g/mol. The average Bonchev–Trinajstić information content (AvgIpc) is 3.04. The number of nitrogens with zero attached hydrogens (tertiary/aromatic N) is 2. The molecule has 3 aliphatic rings. The molecule has 140 valence electrons. The molecule has 6 heteroatoms. The minimum Gasteiger partial charge on any atom is -0.481 e. The zero-order valence-electron chi connectivity index (χ0n) is 15.1. The van der Waals surface area contributed by atoms with Crippen molar-refractivity contribution in [3.63, 3.8) is 0 Å². The summed E-state index contributed by atoms with van der Waals surface area (Å²) in [5, 5.41) is 9.93. The van der Waals surface area contributed by atoms with Crippen molar-refractivity contribution in [1.82, 2.24) is 9.80 Å². The Morgan fingerprint density at radius 1 is 1.27 bits per heavy atom. The minimum absolute atomic E-state index is 0.0365. The lowest BCUT2D eigenvalue weighted by atomic mass is 9.81. The molecule has 4 rings (SSSR count). The van der Waals surface area contributed by atoms with Crippen molar-refractivity contribution in [3.8, 4) is 0 Å². The summed E-state index contributed by atoms with van der Waals surface area (Å²) in [6.45, 7) is 4.32. The van der Waals surface area contributed by atoms with Gasteiger partial charge in [-0.2, -0.15) is 0 Å². The smallest absolute Gasteiger partial charge is 0.313 e. The van der Waals surface area contributed by atoms with Gasteiger partial charge in [0.15, 0.2) is 0 Å². The highest BCUT2D eigenvalue weighted by molar-refractivity contribution is 5.83. The van der Waals surface area contributed by atoms with Gasteiger partial charge in [-0.25, -0.2) is 4.39 Å². The number of fused-ring (bicyclic) bond motifs is 1. The Hall–Kier alpha value is -1.95. The van der Waals surface area contributed by atoms with E-state index in [9.17, 15) is 19.1 Å². The molecule has 1 amide bonds. The predicted octanol–water partition coefficient (Wildman–Crippen LogP) is 2.28. The number of likely N-dealkylation sites (tertiary alicyclic amines) is 2. The van der Waals surface area contributed by atoms with E-state index in [1.807, 2.05) is 6.07 Å². The fourth-order valence-corrected chi connectivity index (χ4v) is 4.74. The van der Waals surface area contributed by atoms with Crippen LogP contribution in [0, 0.1) is 30.0 Å². The SMILES string of the molecule is Cc1cc(CN2C[C@H]3CN(C(=O)C4CCC4)C[C@@]3(C(=O)O)C2)ccc1F. The number of carbonyl (C=O) groups is 2. The Labute approximate surface area is 152 Å². The topological polar surface area (TPSA) is 60.9 Å². The molecule has 1 N–H and O–H groups in total. The summed E-state index contributed by atoms with van der Waals surface area (Å²) in [4.78, 5) is 28.6. The van der Waals surface area contributed by atoms with E-state index in [0.717, 1.165) is 24.8 Å². The summed E-state index contributed by atoms with van der Waals surface area (Å²) in [7, 11) is 0. The fourth-order valence-electron chi connectivity index (χ4n) is 4.74. The molecule has 0 bridgehead atoms. The molecule has 0 spiro atoms. The van der Waals surface area contributed by atoms with Crippen molar-refractivity contribution in [2.24, 2.45) is 17.3 Å². The van der Waals surface area contributed by atoms with E-state index >= 15 is 0 Å². The van der Waals surface area contributed by atoms with Crippen LogP contribution in [0.3, 0.4) is 0 Å². The van der Waals surface area contributed by atoms with Gasteiger partial charge in [-0.15, -0.1) is 0 Å². The van der Waals surface area contributed by atoms with Crippen LogP contribution in [-0.2, 0) is 16.1 Å². The molecule has 0 aromatic heterocycles. The normalized spacial score (nSPS) is 28.8. The number of carboxylic acid groups (broad SMARTS) is 1. The first kappa shape index (κ1) is 17.5. The van der Waals surface area contributed by atoms with Crippen LogP contribution in [0.15, 0.2) is 18.2 Å². The van der Waals surface area contributed by atoms with E-state index in [-0.39, 0.29) is 23.6 Å². The highest BCUT2D eigenvalue weighted by atomic mass is 19.1. The second kappa shape index (κ2) is 6.34. The van der Waals surface area contributed by atoms with Gasteiger partial charge in [0.2, 0.25) is 5.91 Å². The number of halogens is 1. The Morgan fingerprint density at radius 2 is 2.04 bits per heavy atom. The number of rotatable bonds is 4. The van der Waals surface area contributed by atoms with E-state index in [1.165, 1.54) is 6.07 Å². The second-order valence-corrected chi connectivity index (χ2v) is 8.26. The van der Waals surface area contributed by atoms with Crippen LogP contribution < -0.4 is 0 Å². The second-order valence-electron chi connectivity index (χ2n) is 8.26. The Kier molecular flexibility index (Phi) is 4.26. The lowest BCUT2D eigenvalue weighted by Gasteiger charge is -2.31. The highest BCUT2D eigenvalue weighted by Crippen LogP contribution is 2.44. The summed E-state index contributed by atoms with van der Waals surface area (Å²) >= 11 is 0. The van der Waals surface area contributed by atoms with Gasteiger partial charge in [0.05, 0.1) is 0 Å². The number of benzene rings is 1.